The fraction of sp³-hybridized carbons (Fsp3) is 1.00. The number of hydrogen-bond acceptors (Lipinski definition) is 4. The quantitative estimate of drug-likeness (QED) is 0.739. The van der Waals surface area contributed by atoms with Gasteiger partial charge in [0, 0.05) is 30.4 Å². The molecule has 0 amide bonds. The van der Waals surface area contributed by atoms with Gasteiger partial charge in [0.2, 0.25) is 0 Å². The van der Waals surface area contributed by atoms with Crippen molar-refractivity contribution in [1.82, 2.24) is 5.32 Å². The summed E-state index contributed by atoms with van der Waals surface area (Å²) in [6.45, 7) is 5.68. The zero-order valence-electron chi connectivity index (χ0n) is 12.2. The Morgan fingerprint density at radius 1 is 1.32 bits per heavy atom. The number of ether oxygens (including phenoxy) is 1. The lowest BCUT2D eigenvalue weighted by Gasteiger charge is -2.32. The highest BCUT2D eigenvalue weighted by atomic mass is 32.2. The first-order valence-corrected chi connectivity index (χ1v) is 9.35. The Balaban J connectivity index is 1.93. The molecule has 112 valence electrons. The van der Waals surface area contributed by atoms with Gasteiger partial charge >= 0.3 is 0 Å². The molecule has 1 N–H and O–H groups in total. The molecule has 1 aliphatic heterocycles. The van der Waals surface area contributed by atoms with Crippen molar-refractivity contribution in [2.24, 2.45) is 5.41 Å². The van der Waals surface area contributed by atoms with Crippen LogP contribution in [0.3, 0.4) is 0 Å². The Hall–Kier alpha value is -0.130. The highest BCUT2D eigenvalue weighted by molar-refractivity contribution is 7.91. The van der Waals surface area contributed by atoms with Gasteiger partial charge in [-0.05, 0) is 39.0 Å². The summed E-state index contributed by atoms with van der Waals surface area (Å²) in [7, 11) is -2.89. The van der Waals surface area contributed by atoms with Gasteiger partial charge < -0.3 is 10.1 Å². The molecule has 2 rings (SSSR count). The predicted octanol–water partition coefficient (Wildman–Crippen LogP) is 1.75. The van der Waals surface area contributed by atoms with E-state index in [0.717, 1.165) is 26.0 Å². The summed E-state index contributed by atoms with van der Waals surface area (Å²) in [5, 5.41) is 3.56. The molecule has 2 atom stereocenters. The van der Waals surface area contributed by atoms with Crippen molar-refractivity contribution >= 4 is 9.84 Å². The van der Waals surface area contributed by atoms with Crippen LogP contribution >= 0.6 is 0 Å². The minimum atomic E-state index is -2.89. The maximum absolute atomic E-state index is 11.9. The topological polar surface area (TPSA) is 55.4 Å². The second-order valence-corrected chi connectivity index (χ2v) is 8.49. The molecule has 0 aromatic carbocycles. The molecular weight excluding hydrogens is 262 g/mol. The number of rotatable bonds is 8. The van der Waals surface area contributed by atoms with Gasteiger partial charge in [0.25, 0.3) is 0 Å². The monoisotopic (exact) mass is 289 g/mol. The molecule has 19 heavy (non-hydrogen) atoms. The van der Waals surface area contributed by atoms with E-state index in [4.69, 9.17) is 4.74 Å². The first-order valence-electron chi connectivity index (χ1n) is 7.53. The summed E-state index contributed by atoms with van der Waals surface area (Å²) < 4.78 is 29.6. The Labute approximate surface area is 117 Å². The zero-order valence-corrected chi connectivity index (χ0v) is 13.0. The van der Waals surface area contributed by atoms with Crippen LogP contribution in [0.5, 0.6) is 0 Å². The van der Waals surface area contributed by atoms with Crippen LogP contribution in [-0.2, 0) is 14.6 Å². The zero-order chi connectivity index (χ0) is 13.9. The van der Waals surface area contributed by atoms with Crippen LogP contribution < -0.4 is 5.32 Å². The molecule has 0 aromatic rings. The summed E-state index contributed by atoms with van der Waals surface area (Å²) in [6.07, 6.45) is 5.11. The third-order valence-electron chi connectivity index (χ3n) is 4.58. The SMILES string of the molecule is CCCS(=O)(=O)CCC1(CNC2CC2)CCOC1C. The highest BCUT2D eigenvalue weighted by Crippen LogP contribution is 2.39. The molecule has 2 fully saturated rings. The fourth-order valence-electron chi connectivity index (χ4n) is 2.87. The second kappa shape index (κ2) is 6.10. The normalized spacial score (nSPS) is 31.8. The van der Waals surface area contributed by atoms with Crippen molar-refractivity contribution in [3.8, 4) is 0 Å². The van der Waals surface area contributed by atoms with E-state index in [2.05, 4.69) is 12.2 Å². The van der Waals surface area contributed by atoms with Crippen molar-refractivity contribution in [3.05, 3.63) is 0 Å². The first kappa shape index (κ1) is 15.3. The summed E-state index contributed by atoms with van der Waals surface area (Å²) in [5.41, 5.74) is 0.0173. The van der Waals surface area contributed by atoms with Gasteiger partial charge in [-0.15, -0.1) is 0 Å². The number of nitrogens with one attached hydrogen (secondary N) is 1. The average molecular weight is 289 g/mol. The smallest absolute Gasteiger partial charge is 0.150 e. The maximum Gasteiger partial charge on any atom is 0.150 e. The predicted molar refractivity (Wildman–Crippen MR) is 77.1 cm³/mol. The molecule has 1 heterocycles. The molecule has 5 heteroatoms. The van der Waals surface area contributed by atoms with Crippen LogP contribution in [0.25, 0.3) is 0 Å². The highest BCUT2D eigenvalue weighted by Gasteiger charge is 2.42. The maximum atomic E-state index is 11.9. The molecule has 0 spiro atoms. The van der Waals surface area contributed by atoms with E-state index in [1.54, 1.807) is 0 Å². The van der Waals surface area contributed by atoms with E-state index in [0.29, 0.717) is 24.0 Å². The van der Waals surface area contributed by atoms with Crippen LogP contribution in [0.4, 0.5) is 0 Å². The van der Waals surface area contributed by atoms with Gasteiger partial charge in [-0.25, -0.2) is 8.42 Å². The summed E-state index contributed by atoms with van der Waals surface area (Å²) in [6, 6.07) is 0.664. The number of hydrogen-bond donors (Lipinski definition) is 1. The largest absolute Gasteiger partial charge is 0.378 e. The van der Waals surface area contributed by atoms with Crippen LogP contribution in [-0.4, -0.2) is 45.2 Å². The Bertz CT molecular complexity index is 391. The summed E-state index contributed by atoms with van der Waals surface area (Å²) >= 11 is 0. The lowest BCUT2D eigenvalue weighted by Crippen LogP contribution is -2.41. The molecule has 4 nitrogen and oxygen atoms in total. The second-order valence-electron chi connectivity index (χ2n) is 6.18. The Morgan fingerprint density at radius 2 is 2.05 bits per heavy atom. The summed E-state index contributed by atoms with van der Waals surface area (Å²) in [5.74, 6) is 0.620. The van der Waals surface area contributed by atoms with E-state index < -0.39 is 9.84 Å². The van der Waals surface area contributed by atoms with E-state index in [-0.39, 0.29) is 11.5 Å². The van der Waals surface area contributed by atoms with E-state index in [1.807, 2.05) is 6.92 Å². The van der Waals surface area contributed by atoms with Crippen molar-refractivity contribution in [3.63, 3.8) is 0 Å². The third kappa shape index (κ3) is 4.17. The van der Waals surface area contributed by atoms with E-state index >= 15 is 0 Å². The van der Waals surface area contributed by atoms with Crippen LogP contribution in [0.1, 0.15) is 46.0 Å². The lowest BCUT2D eigenvalue weighted by atomic mass is 9.79. The third-order valence-corrected chi connectivity index (χ3v) is 6.43. The number of sulfone groups is 1. The molecule has 0 aromatic heterocycles. The van der Waals surface area contributed by atoms with Gasteiger partial charge in [0.05, 0.1) is 11.9 Å². The van der Waals surface area contributed by atoms with Gasteiger partial charge in [-0.1, -0.05) is 6.92 Å². The molecular formula is C14H27NO3S. The van der Waals surface area contributed by atoms with Crippen LogP contribution in [0.15, 0.2) is 0 Å². The van der Waals surface area contributed by atoms with E-state index in [1.165, 1.54) is 12.8 Å². The van der Waals surface area contributed by atoms with Crippen molar-refractivity contribution in [2.45, 2.75) is 58.1 Å². The van der Waals surface area contributed by atoms with Crippen LogP contribution in [0.2, 0.25) is 0 Å². The molecule has 1 aliphatic carbocycles. The van der Waals surface area contributed by atoms with Crippen molar-refractivity contribution in [1.29, 1.82) is 0 Å². The lowest BCUT2D eigenvalue weighted by molar-refractivity contribution is 0.0612. The molecule has 1 saturated heterocycles. The van der Waals surface area contributed by atoms with Gasteiger partial charge in [0.1, 0.15) is 9.84 Å². The van der Waals surface area contributed by atoms with Gasteiger partial charge in [-0.3, -0.25) is 0 Å². The van der Waals surface area contributed by atoms with E-state index in [9.17, 15) is 8.42 Å². The molecule has 2 aliphatic rings. The minimum Gasteiger partial charge on any atom is -0.378 e. The van der Waals surface area contributed by atoms with Gasteiger partial charge in [-0.2, -0.15) is 0 Å². The molecule has 0 radical (unpaired) electrons. The minimum absolute atomic E-state index is 0.0173. The fourth-order valence-corrected chi connectivity index (χ4v) is 4.42. The summed E-state index contributed by atoms with van der Waals surface area (Å²) in [4.78, 5) is 0. The van der Waals surface area contributed by atoms with Gasteiger partial charge in [0.15, 0.2) is 0 Å². The standard InChI is InChI=1S/C14H27NO3S/c1-3-9-19(16,17)10-7-14(6-8-18-12(14)2)11-15-13-4-5-13/h12-13,15H,3-11H2,1-2H3. The molecule has 2 unspecified atom stereocenters. The Morgan fingerprint density at radius 3 is 2.58 bits per heavy atom. The first-order chi connectivity index (χ1) is 8.97. The van der Waals surface area contributed by atoms with Crippen molar-refractivity contribution < 1.29 is 13.2 Å². The van der Waals surface area contributed by atoms with Crippen LogP contribution in [0, 0.1) is 5.41 Å². The molecule has 0 bridgehead atoms. The molecule has 1 saturated carbocycles. The van der Waals surface area contributed by atoms with Crippen molar-refractivity contribution in [2.75, 3.05) is 24.7 Å². The average Bonchev–Trinajstić information content (AvgIpc) is 3.10. The Kier molecular flexibility index (Phi) is 4.90.